The van der Waals surface area contributed by atoms with Gasteiger partial charge in [0.15, 0.2) is 0 Å². The number of nitrogens with one attached hydrogen (secondary N) is 1. The van der Waals surface area contributed by atoms with Crippen molar-refractivity contribution in [3.63, 3.8) is 0 Å². The maximum Gasteiger partial charge on any atom is 0.261 e. The highest BCUT2D eigenvalue weighted by Crippen LogP contribution is 2.22. The molecule has 1 N–H and O–H groups in total. The van der Waals surface area contributed by atoms with Crippen molar-refractivity contribution in [1.82, 2.24) is 14.9 Å². The van der Waals surface area contributed by atoms with Crippen molar-refractivity contribution >= 4 is 28.4 Å². The van der Waals surface area contributed by atoms with E-state index in [0.717, 1.165) is 5.56 Å². The fraction of sp³-hybridized carbons (Fsp3) is 0.318. The number of benzene rings is 2. The molecular formula is C22H24ClN3O2. The molecule has 3 aromatic rings. The molecule has 2 aromatic carbocycles. The lowest BCUT2D eigenvalue weighted by Crippen LogP contribution is -2.32. The Morgan fingerprint density at radius 3 is 2.39 bits per heavy atom. The molecule has 1 atom stereocenters. The summed E-state index contributed by atoms with van der Waals surface area (Å²) < 4.78 is 1.46. The Kier molecular flexibility index (Phi) is 5.31. The smallest absolute Gasteiger partial charge is 0.261 e. The predicted octanol–water partition coefficient (Wildman–Crippen LogP) is 4.38. The third-order valence-electron chi connectivity index (χ3n) is 4.82. The molecule has 6 heteroatoms. The topological polar surface area (TPSA) is 64.0 Å². The van der Waals surface area contributed by atoms with Crippen LogP contribution in [0.15, 0.2) is 47.3 Å². The van der Waals surface area contributed by atoms with E-state index in [1.165, 1.54) is 4.57 Å². The van der Waals surface area contributed by atoms with Gasteiger partial charge in [-0.15, -0.1) is 0 Å². The van der Waals surface area contributed by atoms with Crippen molar-refractivity contribution in [3.05, 3.63) is 74.8 Å². The Balaban J connectivity index is 1.88. The van der Waals surface area contributed by atoms with Gasteiger partial charge in [-0.2, -0.15) is 0 Å². The molecule has 0 aliphatic rings. The summed E-state index contributed by atoms with van der Waals surface area (Å²) >= 11 is 6.03. The number of carbonyl (C=O) groups is 1. The average Bonchev–Trinajstić information content (AvgIpc) is 2.63. The largest absolute Gasteiger partial charge is 0.342 e. The van der Waals surface area contributed by atoms with Crippen LogP contribution in [0.5, 0.6) is 0 Å². The number of amides is 1. The summed E-state index contributed by atoms with van der Waals surface area (Å²) in [6.45, 7) is 8.19. The van der Waals surface area contributed by atoms with Crippen molar-refractivity contribution < 1.29 is 4.79 Å². The average molecular weight is 398 g/mol. The molecule has 1 aromatic heterocycles. The second-order valence-corrected chi connectivity index (χ2v) is 8.45. The highest BCUT2D eigenvalue weighted by Gasteiger charge is 2.19. The standard InChI is InChI=1S/C22H24ClN3O2/c1-13(24-20(27)14-6-8-15(9-7-14)22(2,3)4)19-25-18-12-16(23)10-11-17(18)21(28)26(19)5/h6-13H,1-5H3,(H,24,27). The molecule has 0 saturated carbocycles. The van der Waals surface area contributed by atoms with Gasteiger partial charge in [-0.05, 0) is 48.2 Å². The van der Waals surface area contributed by atoms with Crippen LogP contribution in [0.25, 0.3) is 10.9 Å². The zero-order valence-electron chi connectivity index (χ0n) is 16.7. The molecule has 0 radical (unpaired) electrons. The number of fused-ring (bicyclic) bond motifs is 1. The zero-order valence-corrected chi connectivity index (χ0v) is 17.5. The fourth-order valence-corrected chi connectivity index (χ4v) is 3.28. The van der Waals surface area contributed by atoms with Gasteiger partial charge in [-0.25, -0.2) is 4.98 Å². The summed E-state index contributed by atoms with van der Waals surface area (Å²) in [6.07, 6.45) is 0. The molecule has 146 valence electrons. The molecule has 1 amide bonds. The fourth-order valence-electron chi connectivity index (χ4n) is 3.11. The lowest BCUT2D eigenvalue weighted by Gasteiger charge is -2.20. The van der Waals surface area contributed by atoms with Gasteiger partial charge in [0.05, 0.1) is 16.9 Å². The maximum atomic E-state index is 12.7. The first-order valence-corrected chi connectivity index (χ1v) is 9.53. The molecule has 0 spiro atoms. The first-order chi connectivity index (χ1) is 13.1. The highest BCUT2D eigenvalue weighted by molar-refractivity contribution is 6.31. The molecule has 0 fully saturated rings. The van der Waals surface area contributed by atoms with E-state index in [1.807, 2.05) is 24.3 Å². The summed E-state index contributed by atoms with van der Waals surface area (Å²) in [6, 6.07) is 12.1. The third-order valence-corrected chi connectivity index (χ3v) is 5.06. The highest BCUT2D eigenvalue weighted by atomic mass is 35.5. The second kappa shape index (κ2) is 7.40. The number of hydrogen-bond acceptors (Lipinski definition) is 3. The van der Waals surface area contributed by atoms with Gasteiger partial charge in [-0.1, -0.05) is 44.5 Å². The van der Waals surface area contributed by atoms with Crippen LogP contribution in [0.3, 0.4) is 0 Å². The van der Waals surface area contributed by atoms with Crippen LogP contribution in [0.2, 0.25) is 5.02 Å². The molecule has 0 bridgehead atoms. The van der Waals surface area contributed by atoms with Crippen molar-refractivity contribution in [2.24, 2.45) is 7.05 Å². The summed E-state index contributed by atoms with van der Waals surface area (Å²) in [4.78, 5) is 29.8. The quantitative estimate of drug-likeness (QED) is 0.713. The molecule has 0 aliphatic heterocycles. The van der Waals surface area contributed by atoms with Crippen molar-refractivity contribution in [2.45, 2.75) is 39.2 Å². The lowest BCUT2D eigenvalue weighted by atomic mass is 9.86. The van der Waals surface area contributed by atoms with Gasteiger partial charge in [0, 0.05) is 17.6 Å². The van der Waals surface area contributed by atoms with Crippen LogP contribution in [0, 0.1) is 0 Å². The minimum Gasteiger partial charge on any atom is -0.342 e. The van der Waals surface area contributed by atoms with Crippen molar-refractivity contribution in [3.8, 4) is 0 Å². The number of carbonyl (C=O) groups excluding carboxylic acids is 1. The van der Waals surface area contributed by atoms with Crippen molar-refractivity contribution in [1.29, 1.82) is 0 Å². The van der Waals surface area contributed by atoms with E-state index in [1.54, 1.807) is 32.2 Å². The minimum absolute atomic E-state index is 0.0247. The molecule has 3 rings (SSSR count). The number of aromatic nitrogens is 2. The first kappa shape index (κ1) is 20.1. The Bertz CT molecular complexity index is 1100. The van der Waals surface area contributed by atoms with Crippen LogP contribution >= 0.6 is 11.6 Å². The van der Waals surface area contributed by atoms with E-state index < -0.39 is 6.04 Å². The van der Waals surface area contributed by atoms with E-state index in [0.29, 0.717) is 27.3 Å². The first-order valence-electron chi connectivity index (χ1n) is 9.15. The monoisotopic (exact) mass is 397 g/mol. The molecule has 1 unspecified atom stereocenters. The van der Waals surface area contributed by atoms with E-state index in [-0.39, 0.29) is 16.9 Å². The van der Waals surface area contributed by atoms with Crippen LogP contribution in [-0.4, -0.2) is 15.5 Å². The van der Waals surface area contributed by atoms with Gasteiger partial charge in [0.25, 0.3) is 11.5 Å². The predicted molar refractivity (Wildman–Crippen MR) is 113 cm³/mol. The van der Waals surface area contributed by atoms with Crippen LogP contribution in [0.4, 0.5) is 0 Å². The number of hydrogen-bond donors (Lipinski definition) is 1. The molecule has 28 heavy (non-hydrogen) atoms. The molecule has 0 aliphatic carbocycles. The van der Waals surface area contributed by atoms with Crippen LogP contribution in [-0.2, 0) is 12.5 Å². The van der Waals surface area contributed by atoms with Gasteiger partial charge in [0.1, 0.15) is 5.82 Å². The summed E-state index contributed by atoms with van der Waals surface area (Å²) in [5, 5.41) is 3.93. The second-order valence-electron chi connectivity index (χ2n) is 8.02. The summed E-state index contributed by atoms with van der Waals surface area (Å²) in [5.74, 6) is 0.257. The molecular weight excluding hydrogens is 374 g/mol. The Labute approximate surface area is 169 Å². The Morgan fingerprint density at radius 2 is 1.79 bits per heavy atom. The van der Waals surface area contributed by atoms with Gasteiger partial charge >= 0.3 is 0 Å². The van der Waals surface area contributed by atoms with Crippen LogP contribution < -0.4 is 10.9 Å². The molecule has 1 heterocycles. The minimum atomic E-state index is -0.448. The summed E-state index contributed by atoms with van der Waals surface area (Å²) in [5.41, 5.74) is 2.09. The van der Waals surface area contributed by atoms with E-state index in [2.05, 4.69) is 31.1 Å². The Hall–Kier alpha value is -2.66. The SMILES string of the molecule is CC(NC(=O)c1ccc(C(C)(C)C)cc1)c1nc2cc(Cl)ccc2c(=O)n1C. The van der Waals surface area contributed by atoms with E-state index in [9.17, 15) is 9.59 Å². The van der Waals surface area contributed by atoms with Crippen LogP contribution in [0.1, 0.15) is 55.5 Å². The molecule has 0 saturated heterocycles. The summed E-state index contributed by atoms with van der Waals surface area (Å²) in [7, 11) is 1.65. The van der Waals surface area contributed by atoms with Crippen molar-refractivity contribution in [2.75, 3.05) is 0 Å². The van der Waals surface area contributed by atoms with Gasteiger partial charge in [-0.3, -0.25) is 14.2 Å². The van der Waals surface area contributed by atoms with E-state index >= 15 is 0 Å². The van der Waals surface area contributed by atoms with Gasteiger partial charge < -0.3 is 5.32 Å². The number of rotatable bonds is 3. The number of nitrogens with zero attached hydrogens (tertiary/aromatic N) is 2. The third kappa shape index (κ3) is 3.94. The lowest BCUT2D eigenvalue weighted by molar-refractivity contribution is 0.0937. The maximum absolute atomic E-state index is 12.7. The van der Waals surface area contributed by atoms with E-state index in [4.69, 9.17) is 11.6 Å². The van der Waals surface area contributed by atoms with Gasteiger partial charge in [0.2, 0.25) is 0 Å². The zero-order chi connectivity index (χ0) is 20.6. The molecule has 5 nitrogen and oxygen atoms in total. The Morgan fingerprint density at radius 1 is 1.14 bits per heavy atom. The number of halogens is 1. The normalized spacial score (nSPS) is 12.8.